The summed E-state index contributed by atoms with van der Waals surface area (Å²) in [5, 5.41) is 3.55. The minimum Gasteiger partial charge on any atom is -0.362 e. The van der Waals surface area contributed by atoms with Crippen LogP contribution in [0.1, 0.15) is 25.7 Å². The van der Waals surface area contributed by atoms with Crippen molar-refractivity contribution < 1.29 is 0 Å². The van der Waals surface area contributed by atoms with Gasteiger partial charge in [0.15, 0.2) is 0 Å². The Bertz CT molecular complexity index is 154. The van der Waals surface area contributed by atoms with Crippen LogP contribution in [0.5, 0.6) is 0 Å². The van der Waals surface area contributed by atoms with Crippen LogP contribution >= 0.6 is 0 Å². The molecule has 0 bridgehead atoms. The molecule has 0 radical (unpaired) electrons. The van der Waals surface area contributed by atoms with Gasteiger partial charge in [-0.3, -0.25) is 5.32 Å². The van der Waals surface area contributed by atoms with Crippen LogP contribution in [0.4, 0.5) is 0 Å². The summed E-state index contributed by atoms with van der Waals surface area (Å²) >= 11 is 0. The van der Waals surface area contributed by atoms with Gasteiger partial charge in [-0.2, -0.15) is 0 Å². The molecule has 0 amide bonds. The maximum Gasteiger partial charge on any atom is 0.0790 e. The Labute approximate surface area is 68.3 Å². The van der Waals surface area contributed by atoms with E-state index in [-0.39, 0.29) is 0 Å². The van der Waals surface area contributed by atoms with E-state index < -0.39 is 0 Å². The molecule has 1 unspecified atom stereocenters. The highest BCUT2D eigenvalue weighted by Gasteiger charge is 2.19. The van der Waals surface area contributed by atoms with E-state index in [4.69, 9.17) is 0 Å². The van der Waals surface area contributed by atoms with Gasteiger partial charge in [0.05, 0.1) is 6.17 Å². The molecule has 0 spiro atoms. The molecule has 2 aliphatic heterocycles. The zero-order valence-corrected chi connectivity index (χ0v) is 6.92. The van der Waals surface area contributed by atoms with Crippen LogP contribution in [-0.2, 0) is 0 Å². The van der Waals surface area contributed by atoms with E-state index in [1.54, 1.807) is 0 Å². The predicted octanol–water partition coefficient (Wildman–Crippen LogP) is 1.31. The van der Waals surface area contributed by atoms with E-state index in [9.17, 15) is 0 Å². The maximum absolute atomic E-state index is 3.55. The van der Waals surface area contributed by atoms with Crippen molar-refractivity contribution in [1.82, 2.24) is 10.2 Å². The summed E-state index contributed by atoms with van der Waals surface area (Å²) in [6, 6.07) is 0. The number of hydrogen-bond acceptors (Lipinski definition) is 2. The third kappa shape index (κ3) is 1.56. The largest absolute Gasteiger partial charge is 0.362 e. The average Bonchev–Trinajstić information content (AvgIpc) is 2.28. The van der Waals surface area contributed by atoms with Gasteiger partial charge in [0.25, 0.3) is 0 Å². The number of nitrogens with zero attached hydrogens (tertiary/aromatic N) is 1. The molecule has 2 heteroatoms. The smallest absolute Gasteiger partial charge is 0.0790 e. The van der Waals surface area contributed by atoms with E-state index in [0.29, 0.717) is 6.17 Å². The van der Waals surface area contributed by atoms with Crippen molar-refractivity contribution in [3.05, 3.63) is 12.3 Å². The molecule has 0 aliphatic carbocycles. The second kappa shape index (κ2) is 3.26. The second-order valence-electron chi connectivity index (χ2n) is 3.38. The van der Waals surface area contributed by atoms with Gasteiger partial charge in [0, 0.05) is 13.1 Å². The fraction of sp³-hybridized carbons (Fsp3) is 0.778. The molecule has 0 aromatic rings. The van der Waals surface area contributed by atoms with Crippen molar-refractivity contribution >= 4 is 0 Å². The lowest BCUT2D eigenvalue weighted by Gasteiger charge is -2.34. The minimum absolute atomic E-state index is 0.641. The Morgan fingerprint density at radius 3 is 3.36 bits per heavy atom. The fourth-order valence-electron chi connectivity index (χ4n) is 1.89. The van der Waals surface area contributed by atoms with Crippen LogP contribution in [-0.4, -0.2) is 24.2 Å². The zero-order chi connectivity index (χ0) is 7.52. The molecule has 1 N–H and O–H groups in total. The van der Waals surface area contributed by atoms with Crippen LogP contribution in [0.2, 0.25) is 0 Å². The van der Waals surface area contributed by atoms with E-state index in [0.717, 1.165) is 6.54 Å². The van der Waals surface area contributed by atoms with Gasteiger partial charge >= 0.3 is 0 Å². The summed E-state index contributed by atoms with van der Waals surface area (Å²) in [5.74, 6) is 0. The molecule has 2 rings (SSSR count). The number of rotatable bonds is 0. The number of piperidine rings is 1. The maximum atomic E-state index is 3.55. The van der Waals surface area contributed by atoms with Gasteiger partial charge in [-0.25, -0.2) is 0 Å². The van der Waals surface area contributed by atoms with Crippen molar-refractivity contribution in [2.24, 2.45) is 0 Å². The first kappa shape index (κ1) is 7.17. The average molecular weight is 152 g/mol. The highest BCUT2D eigenvalue weighted by Crippen LogP contribution is 2.16. The first-order valence-corrected chi connectivity index (χ1v) is 4.62. The second-order valence-corrected chi connectivity index (χ2v) is 3.38. The summed E-state index contributed by atoms with van der Waals surface area (Å²) in [6.07, 6.45) is 10.5. The molecule has 2 heterocycles. The first-order valence-electron chi connectivity index (χ1n) is 4.62. The van der Waals surface area contributed by atoms with Crippen LogP contribution in [0.3, 0.4) is 0 Å². The summed E-state index contributed by atoms with van der Waals surface area (Å²) in [7, 11) is 0. The highest BCUT2D eigenvalue weighted by molar-refractivity contribution is 4.91. The predicted molar refractivity (Wildman–Crippen MR) is 46.1 cm³/mol. The monoisotopic (exact) mass is 152 g/mol. The van der Waals surface area contributed by atoms with Crippen LogP contribution in [0.15, 0.2) is 12.3 Å². The Morgan fingerprint density at radius 1 is 1.36 bits per heavy atom. The van der Waals surface area contributed by atoms with Gasteiger partial charge in [-0.15, -0.1) is 0 Å². The van der Waals surface area contributed by atoms with E-state index in [2.05, 4.69) is 22.5 Å². The van der Waals surface area contributed by atoms with E-state index in [1.807, 2.05) is 0 Å². The molecular formula is C9H16N2. The molecule has 2 nitrogen and oxygen atoms in total. The number of nitrogens with one attached hydrogen (secondary N) is 1. The molecule has 11 heavy (non-hydrogen) atoms. The summed E-state index contributed by atoms with van der Waals surface area (Å²) < 4.78 is 0. The lowest BCUT2D eigenvalue weighted by Crippen LogP contribution is -2.44. The lowest BCUT2D eigenvalue weighted by molar-refractivity contribution is 0.184. The summed E-state index contributed by atoms with van der Waals surface area (Å²) in [5.41, 5.74) is 0. The lowest BCUT2D eigenvalue weighted by atomic mass is 10.1. The van der Waals surface area contributed by atoms with Gasteiger partial charge < -0.3 is 4.90 Å². The van der Waals surface area contributed by atoms with Crippen molar-refractivity contribution in [1.29, 1.82) is 0 Å². The Kier molecular flexibility index (Phi) is 2.13. The Morgan fingerprint density at radius 2 is 2.36 bits per heavy atom. The van der Waals surface area contributed by atoms with Gasteiger partial charge in [0.2, 0.25) is 0 Å². The van der Waals surface area contributed by atoms with Crippen molar-refractivity contribution in [2.45, 2.75) is 31.8 Å². The van der Waals surface area contributed by atoms with Gasteiger partial charge in [-0.1, -0.05) is 6.08 Å². The molecule has 62 valence electrons. The molecule has 1 fully saturated rings. The SMILES string of the molecule is C1=CN2CCCCC2NCC1. The third-order valence-electron chi connectivity index (χ3n) is 2.53. The molecule has 2 aliphatic rings. The van der Waals surface area contributed by atoms with Crippen LogP contribution < -0.4 is 5.32 Å². The molecular weight excluding hydrogens is 136 g/mol. The molecule has 1 saturated heterocycles. The molecule has 1 atom stereocenters. The zero-order valence-electron chi connectivity index (χ0n) is 6.92. The fourth-order valence-corrected chi connectivity index (χ4v) is 1.89. The van der Waals surface area contributed by atoms with Gasteiger partial charge in [0.1, 0.15) is 0 Å². The van der Waals surface area contributed by atoms with Crippen molar-refractivity contribution in [3.63, 3.8) is 0 Å². The Hall–Kier alpha value is -0.500. The topological polar surface area (TPSA) is 15.3 Å². The number of hydrogen-bond donors (Lipinski definition) is 1. The van der Waals surface area contributed by atoms with E-state index >= 15 is 0 Å². The van der Waals surface area contributed by atoms with Crippen LogP contribution in [0, 0.1) is 0 Å². The van der Waals surface area contributed by atoms with E-state index in [1.165, 1.54) is 32.2 Å². The molecule has 0 saturated carbocycles. The summed E-state index contributed by atoms with van der Waals surface area (Å²) in [6.45, 7) is 2.39. The van der Waals surface area contributed by atoms with Crippen molar-refractivity contribution in [2.75, 3.05) is 13.1 Å². The van der Waals surface area contributed by atoms with Crippen molar-refractivity contribution in [3.8, 4) is 0 Å². The normalized spacial score (nSPS) is 31.3. The number of fused-ring (bicyclic) bond motifs is 1. The first-order chi connectivity index (χ1) is 5.47. The van der Waals surface area contributed by atoms with Gasteiger partial charge in [-0.05, 0) is 31.9 Å². The summed E-state index contributed by atoms with van der Waals surface area (Å²) in [4.78, 5) is 2.44. The third-order valence-corrected chi connectivity index (χ3v) is 2.53. The van der Waals surface area contributed by atoms with Crippen LogP contribution in [0.25, 0.3) is 0 Å². The quantitative estimate of drug-likeness (QED) is 0.563. The highest BCUT2D eigenvalue weighted by atomic mass is 15.3. The minimum atomic E-state index is 0.641. The molecule has 0 aromatic heterocycles. The Balaban J connectivity index is 2.02. The molecule has 0 aromatic carbocycles. The standard InChI is InChI=1S/C9H16N2/c1-3-7-11-8-4-2-6-10-9(11)5-1/h4,8-10H,1-3,5-7H2.